The zero-order chi connectivity index (χ0) is 15.1. The van der Waals surface area contributed by atoms with Gasteiger partial charge in [0.15, 0.2) is 0 Å². The summed E-state index contributed by atoms with van der Waals surface area (Å²) in [6.07, 6.45) is 21.8. The van der Waals surface area contributed by atoms with Crippen molar-refractivity contribution >= 4 is 6.66 Å². The monoisotopic (exact) mass is 345 g/mol. The van der Waals surface area contributed by atoms with Gasteiger partial charge in [0.2, 0.25) is 0 Å². The molecule has 0 saturated carbocycles. The molecule has 0 spiro atoms. The third-order valence-corrected chi connectivity index (χ3v) is 20.7. The van der Waals surface area contributed by atoms with Crippen LogP contribution in [-0.2, 0) is 17.1 Å². The zero-order valence-electron chi connectivity index (χ0n) is 14.2. The molecule has 0 aliphatic heterocycles. The third kappa shape index (κ3) is 2.64. The fraction of sp³-hybridized carbons (Fsp3) is 0.600. The van der Waals surface area contributed by atoms with Crippen molar-refractivity contribution in [1.82, 2.24) is 0 Å². The number of hydrogen-bond acceptors (Lipinski definition) is 0. The van der Waals surface area contributed by atoms with Gasteiger partial charge < -0.3 is 0 Å². The molecule has 4 aliphatic carbocycles. The SMILES string of the molecule is C[SiH](C)[Ti]([CH]1C=CC2=C1CCCC2)[CH]1C=CC2=C1CCCC2. The Morgan fingerprint density at radius 2 is 1.23 bits per heavy atom. The second-order valence-corrected chi connectivity index (χ2v) is 21.8. The summed E-state index contributed by atoms with van der Waals surface area (Å²) in [7, 11) is 0. The summed E-state index contributed by atoms with van der Waals surface area (Å²) < 4.78 is 1.90. The quantitative estimate of drug-likeness (QED) is 0.547. The minimum absolute atomic E-state index is 0.529. The van der Waals surface area contributed by atoms with Crippen LogP contribution in [0.1, 0.15) is 51.4 Å². The van der Waals surface area contributed by atoms with Gasteiger partial charge in [-0.25, -0.2) is 0 Å². The van der Waals surface area contributed by atoms with Crippen LogP contribution in [0.4, 0.5) is 0 Å². The van der Waals surface area contributed by atoms with E-state index in [0.29, 0.717) is 0 Å². The molecule has 0 aromatic rings. The van der Waals surface area contributed by atoms with Crippen molar-refractivity contribution in [2.75, 3.05) is 0 Å². The van der Waals surface area contributed by atoms with E-state index in [-0.39, 0.29) is 0 Å². The Kier molecular flexibility index (Phi) is 4.50. The molecule has 0 fully saturated rings. The van der Waals surface area contributed by atoms with E-state index in [4.69, 9.17) is 0 Å². The third-order valence-electron chi connectivity index (χ3n) is 6.22. The maximum atomic E-state index is 2.67. The van der Waals surface area contributed by atoms with Crippen molar-refractivity contribution in [1.29, 1.82) is 0 Å². The van der Waals surface area contributed by atoms with Crippen LogP contribution in [0.3, 0.4) is 0 Å². The van der Waals surface area contributed by atoms with Gasteiger partial charge in [-0.15, -0.1) is 0 Å². The average molecular weight is 345 g/mol. The molecule has 2 unspecified atom stereocenters. The van der Waals surface area contributed by atoms with Crippen molar-refractivity contribution in [2.45, 2.75) is 72.9 Å². The van der Waals surface area contributed by atoms with E-state index in [1.54, 1.807) is 11.1 Å². The Morgan fingerprint density at radius 3 is 1.68 bits per heavy atom. The van der Waals surface area contributed by atoms with Gasteiger partial charge in [-0.2, -0.15) is 0 Å². The number of rotatable bonds is 3. The predicted molar refractivity (Wildman–Crippen MR) is 95.6 cm³/mol. The Morgan fingerprint density at radius 1 is 0.773 bits per heavy atom. The van der Waals surface area contributed by atoms with Crippen LogP contribution in [0.25, 0.3) is 0 Å². The van der Waals surface area contributed by atoms with Crippen LogP contribution >= 0.6 is 0 Å². The van der Waals surface area contributed by atoms with Crippen molar-refractivity contribution < 1.29 is 17.1 Å². The van der Waals surface area contributed by atoms with E-state index >= 15 is 0 Å². The average Bonchev–Trinajstić information content (AvgIpc) is 3.13. The normalized spacial score (nSPS) is 30.3. The molecule has 0 aromatic heterocycles. The van der Waals surface area contributed by atoms with E-state index in [2.05, 4.69) is 37.4 Å². The fourth-order valence-electron chi connectivity index (χ4n) is 5.19. The predicted octanol–water partition coefficient (Wildman–Crippen LogP) is 6.05. The second kappa shape index (κ2) is 6.42. The van der Waals surface area contributed by atoms with Crippen LogP contribution in [0.5, 0.6) is 0 Å². The first kappa shape index (κ1) is 15.4. The van der Waals surface area contributed by atoms with Crippen molar-refractivity contribution in [2.24, 2.45) is 0 Å². The molecular weight excluding hydrogens is 316 g/mol. The van der Waals surface area contributed by atoms with Gasteiger partial charge in [-0.1, -0.05) is 0 Å². The van der Waals surface area contributed by atoms with E-state index < -0.39 is 23.8 Å². The molecule has 0 heterocycles. The Balaban J connectivity index is 1.65. The summed E-state index contributed by atoms with van der Waals surface area (Å²) in [5.41, 5.74) is 7.35. The van der Waals surface area contributed by atoms with Gasteiger partial charge in [0.05, 0.1) is 0 Å². The molecule has 4 rings (SSSR count). The second-order valence-electron chi connectivity index (χ2n) is 7.84. The summed E-state index contributed by atoms with van der Waals surface area (Å²) in [6.45, 7) is 4.80. The van der Waals surface area contributed by atoms with Gasteiger partial charge in [0.25, 0.3) is 0 Å². The van der Waals surface area contributed by atoms with E-state index in [9.17, 15) is 0 Å². The zero-order valence-corrected chi connectivity index (χ0v) is 16.9. The van der Waals surface area contributed by atoms with E-state index in [1.165, 1.54) is 51.4 Å². The maximum absolute atomic E-state index is 2.67. The van der Waals surface area contributed by atoms with Crippen LogP contribution in [0, 0.1) is 0 Å². The van der Waals surface area contributed by atoms with Crippen LogP contribution in [-0.4, -0.2) is 6.66 Å². The Bertz CT molecular complexity index is 531. The first-order valence-electron chi connectivity index (χ1n) is 9.42. The molecule has 2 atom stereocenters. The fourth-order valence-corrected chi connectivity index (χ4v) is 19.8. The first-order chi connectivity index (χ1) is 10.8. The Hall–Kier alpha value is -0.109. The number of hydrogen-bond donors (Lipinski definition) is 0. The van der Waals surface area contributed by atoms with Crippen LogP contribution in [0.15, 0.2) is 46.6 Å². The molecule has 22 heavy (non-hydrogen) atoms. The number of allylic oxidation sites excluding steroid dienone is 8. The molecule has 0 N–H and O–H groups in total. The Labute approximate surface area is 143 Å². The van der Waals surface area contributed by atoms with Gasteiger partial charge >= 0.3 is 143 Å². The summed E-state index contributed by atoms with van der Waals surface area (Å²) in [5, 5.41) is 0. The summed E-state index contributed by atoms with van der Waals surface area (Å²) in [6, 6.07) is 0. The standard InChI is InChI=1S/2C9H11.C2H7Si.Ti/c2*1-2-5-9-7-3-6-8(9)4-1;1-3-2;/h2*3,6-7H,1-2,4-5H2;3H,1-2H3;. The summed E-state index contributed by atoms with van der Waals surface area (Å²) >= 11 is -1.08. The van der Waals surface area contributed by atoms with Gasteiger partial charge in [-0.3, -0.25) is 0 Å². The molecule has 0 nitrogen and oxygen atoms in total. The minimum atomic E-state index is -1.08. The van der Waals surface area contributed by atoms with E-state index in [1.807, 2.05) is 11.1 Å². The molecule has 0 amide bonds. The van der Waals surface area contributed by atoms with Crippen molar-refractivity contribution in [3.8, 4) is 0 Å². The molecule has 4 aliphatic rings. The van der Waals surface area contributed by atoms with E-state index in [0.717, 1.165) is 8.45 Å². The van der Waals surface area contributed by atoms with Crippen LogP contribution < -0.4 is 0 Å². The topological polar surface area (TPSA) is 0 Å². The van der Waals surface area contributed by atoms with Gasteiger partial charge in [0.1, 0.15) is 0 Å². The molecule has 0 saturated heterocycles. The molecule has 0 aromatic carbocycles. The molecule has 0 radical (unpaired) electrons. The first-order valence-corrected chi connectivity index (χ1v) is 16.8. The summed E-state index contributed by atoms with van der Waals surface area (Å²) in [4.78, 5) is 0. The van der Waals surface area contributed by atoms with Crippen molar-refractivity contribution in [3.05, 3.63) is 46.6 Å². The molecular formula is C20H29SiTi. The van der Waals surface area contributed by atoms with Crippen molar-refractivity contribution in [3.63, 3.8) is 0 Å². The van der Waals surface area contributed by atoms with Gasteiger partial charge in [0, 0.05) is 0 Å². The molecule has 117 valence electrons. The molecule has 2 heteroatoms. The van der Waals surface area contributed by atoms with Crippen LogP contribution in [0.2, 0.25) is 21.5 Å². The molecule has 0 bridgehead atoms. The van der Waals surface area contributed by atoms with Gasteiger partial charge in [-0.05, 0) is 0 Å². The summed E-state index contributed by atoms with van der Waals surface area (Å²) in [5.74, 6) is 0.